The Morgan fingerprint density at radius 3 is 2.44 bits per heavy atom. The van der Waals surface area contributed by atoms with Gasteiger partial charge in [0.05, 0.1) is 22.4 Å². The molecule has 0 unspecified atom stereocenters. The van der Waals surface area contributed by atoms with Crippen LogP contribution in [0.15, 0.2) is 81.7 Å². The zero-order valence-electron chi connectivity index (χ0n) is 19.0. The third-order valence-electron chi connectivity index (χ3n) is 5.06. The first-order valence-electron chi connectivity index (χ1n) is 10.5. The second kappa shape index (κ2) is 9.96. The van der Waals surface area contributed by atoms with Crippen LogP contribution in [0.1, 0.15) is 5.56 Å². The molecule has 0 aliphatic rings. The van der Waals surface area contributed by atoms with E-state index in [1.807, 2.05) is 31.2 Å². The molecule has 8 nitrogen and oxygen atoms in total. The van der Waals surface area contributed by atoms with E-state index in [9.17, 15) is 13.2 Å². The van der Waals surface area contributed by atoms with Gasteiger partial charge in [-0.3, -0.25) is 4.79 Å². The van der Waals surface area contributed by atoms with Crippen molar-refractivity contribution in [3.8, 4) is 11.6 Å². The summed E-state index contributed by atoms with van der Waals surface area (Å²) in [5.74, 6) is 1.59. The number of hydrogen-bond acceptors (Lipinski definition) is 7. The highest BCUT2D eigenvalue weighted by molar-refractivity contribution is 7.99. The molecule has 2 heterocycles. The molecule has 0 spiro atoms. The molecular formula is C24H24N4O4S2. The minimum absolute atomic E-state index is 0.178. The standard InChI is InChI=1S/C24H24N4O4S2/c1-17-8-13-22(25-16-17)28-23(29)20-6-4-5-7-21(20)26-24(28)33-15-14-32-18-9-11-19(12-10-18)34(30,31)27(2)3/h4-13,16H,14-15H2,1-3H3. The summed E-state index contributed by atoms with van der Waals surface area (Å²) in [5.41, 5.74) is 1.44. The number of thioether (sulfide) groups is 1. The van der Waals surface area contributed by atoms with Gasteiger partial charge in [0.2, 0.25) is 10.0 Å². The van der Waals surface area contributed by atoms with Gasteiger partial charge >= 0.3 is 0 Å². The summed E-state index contributed by atoms with van der Waals surface area (Å²) in [6, 6.07) is 17.2. The number of rotatable bonds is 8. The van der Waals surface area contributed by atoms with Crippen molar-refractivity contribution in [3.63, 3.8) is 0 Å². The highest BCUT2D eigenvalue weighted by Crippen LogP contribution is 2.22. The fourth-order valence-electron chi connectivity index (χ4n) is 3.21. The lowest BCUT2D eigenvalue weighted by Crippen LogP contribution is -2.23. The predicted molar refractivity (Wildman–Crippen MR) is 133 cm³/mol. The first kappa shape index (κ1) is 23.9. The van der Waals surface area contributed by atoms with E-state index in [4.69, 9.17) is 9.72 Å². The average Bonchev–Trinajstić information content (AvgIpc) is 2.83. The first-order chi connectivity index (χ1) is 16.3. The fraction of sp³-hybridized carbons (Fsp3) is 0.208. The second-order valence-corrected chi connectivity index (χ2v) is 10.9. The highest BCUT2D eigenvalue weighted by Gasteiger charge is 2.17. The fourth-order valence-corrected chi connectivity index (χ4v) is 4.93. The van der Waals surface area contributed by atoms with E-state index < -0.39 is 10.0 Å². The summed E-state index contributed by atoms with van der Waals surface area (Å²) in [4.78, 5) is 22.6. The van der Waals surface area contributed by atoms with E-state index in [-0.39, 0.29) is 10.5 Å². The number of aryl methyl sites for hydroxylation is 1. The molecule has 176 valence electrons. The summed E-state index contributed by atoms with van der Waals surface area (Å²) in [7, 11) is -0.505. The lowest BCUT2D eigenvalue weighted by molar-refractivity contribution is 0.343. The molecule has 10 heteroatoms. The Bertz CT molecular complexity index is 1470. The van der Waals surface area contributed by atoms with E-state index in [1.54, 1.807) is 30.5 Å². The molecular weight excluding hydrogens is 472 g/mol. The maximum Gasteiger partial charge on any atom is 0.267 e. The molecule has 0 radical (unpaired) electrons. The molecule has 0 fully saturated rings. The number of hydrogen-bond donors (Lipinski definition) is 0. The number of fused-ring (bicyclic) bond motifs is 1. The lowest BCUT2D eigenvalue weighted by Gasteiger charge is -2.13. The Morgan fingerprint density at radius 2 is 1.76 bits per heavy atom. The summed E-state index contributed by atoms with van der Waals surface area (Å²) in [5, 5.41) is 1.05. The van der Waals surface area contributed by atoms with Crippen LogP contribution in [0.3, 0.4) is 0 Å². The normalized spacial score (nSPS) is 11.8. The molecule has 0 amide bonds. The van der Waals surface area contributed by atoms with Gasteiger partial charge in [0.15, 0.2) is 5.16 Å². The Hall–Kier alpha value is -3.21. The number of sulfonamides is 1. The predicted octanol–water partition coefficient (Wildman–Crippen LogP) is 3.51. The molecule has 0 saturated heterocycles. The van der Waals surface area contributed by atoms with Crippen molar-refractivity contribution in [3.05, 3.63) is 82.8 Å². The van der Waals surface area contributed by atoms with E-state index in [1.165, 1.54) is 46.9 Å². The van der Waals surface area contributed by atoms with E-state index >= 15 is 0 Å². The van der Waals surface area contributed by atoms with Crippen molar-refractivity contribution in [2.45, 2.75) is 17.0 Å². The molecule has 0 aliphatic heterocycles. The molecule has 2 aromatic carbocycles. The van der Waals surface area contributed by atoms with Crippen LogP contribution in [-0.2, 0) is 10.0 Å². The van der Waals surface area contributed by atoms with Gasteiger partial charge in [-0.2, -0.15) is 0 Å². The zero-order chi connectivity index (χ0) is 24.3. The van der Waals surface area contributed by atoms with Crippen LogP contribution in [0.5, 0.6) is 5.75 Å². The molecule has 2 aromatic heterocycles. The monoisotopic (exact) mass is 496 g/mol. The third kappa shape index (κ3) is 4.98. The first-order valence-corrected chi connectivity index (χ1v) is 12.9. The minimum Gasteiger partial charge on any atom is -0.493 e. The number of aromatic nitrogens is 3. The van der Waals surface area contributed by atoms with Gasteiger partial charge < -0.3 is 4.74 Å². The summed E-state index contributed by atoms with van der Waals surface area (Å²) >= 11 is 1.39. The van der Waals surface area contributed by atoms with Gasteiger partial charge in [-0.15, -0.1) is 0 Å². The van der Waals surface area contributed by atoms with E-state index in [0.29, 0.717) is 40.0 Å². The summed E-state index contributed by atoms with van der Waals surface area (Å²) in [6.07, 6.45) is 1.72. The number of para-hydroxylation sites is 1. The molecule has 34 heavy (non-hydrogen) atoms. The van der Waals surface area contributed by atoms with Crippen molar-refractivity contribution in [2.75, 3.05) is 26.5 Å². The Morgan fingerprint density at radius 1 is 1.03 bits per heavy atom. The minimum atomic E-state index is -3.48. The van der Waals surface area contributed by atoms with Crippen molar-refractivity contribution in [2.24, 2.45) is 0 Å². The SMILES string of the molecule is Cc1ccc(-n2c(SCCOc3ccc(S(=O)(=O)N(C)C)cc3)nc3ccccc3c2=O)nc1. The van der Waals surface area contributed by atoms with Gasteiger partial charge in [0, 0.05) is 26.0 Å². The maximum atomic E-state index is 13.2. The quantitative estimate of drug-likeness (QED) is 0.209. The van der Waals surface area contributed by atoms with Gasteiger partial charge in [-0.25, -0.2) is 27.3 Å². The molecule has 0 N–H and O–H groups in total. The molecule has 4 aromatic rings. The van der Waals surface area contributed by atoms with Gasteiger partial charge in [-0.05, 0) is 55.0 Å². The zero-order valence-corrected chi connectivity index (χ0v) is 20.6. The van der Waals surface area contributed by atoms with Crippen LogP contribution in [0.4, 0.5) is 0 Å². The van der Waals surface area contributed by atoms with Crippen LogP contribution < -0.4 is 10.3 Å². The number of pyridine rings is 1. The molecule has 4 rings (SSSR count). The van der Waals surface area contributed by atoms with Crippen molar-refractivity contribution in [1.82, 2.24) is 18.8 Å². The molecule has 0 saturated carbocycles. The summed E-state index contributed by atoms with van der Waals surface area (Å²) in [6.45, 7) is 2.28. The van der Waals surface area contributed by atoms with Gasteiger partial charge in [0.25, 0.3) is 5.56 Å². The largest absolute Gasteiger partial charge is 0.493 e. The van der Waals surface area contributed by atoms with Crippen LogP contribution in [-0.4, -0.2) is 53.7 Å². The number of ether oxygens (including phenoxy) is 1. The molecule has 0 aliphatic carbocycles. The van der Waals surface area contributed by atoms with Gasteiger partial charge in [0.1, 0.15) is 11.6 Å². The Kier molecular flexibility index (Phi) is 7.01. The van der Waals surface area contributed by atoms with Crippen LogP contribution in [0.25, 0.3) is 16.7 Å². The van der Waals surface area contributed by atoms with Crippen LogP contribution in [0.2, 0.25) is 0 Å². The van der Waals surface area contributed by atoms with Crippen molar-refractivity contribution in [1.29, 1.82) is 0 Å². The van der Waals surface area contributed by atoms with Crippen LogP contribution >= 0.6 is 11.8 Å². The maximum absolute atomic E-state index is 13.2. The Labute approximate surface area is 202 Å². The topological polar surface area (TPSA) is 94.4 Å². The van der Waals surface area contributed by atoms with Crippen LogP contribution in [0, 0.1) is 6.92 Å². The molecule has 0 bridgehead atoms. The highest BCUT2D eigenvalue weighted by atomic mass is 32.2. The molecule has 0 atom stereocenters. The van der Waals surface area contributed by atoms with E-state index in [2.05, 4.69) is 4.98 Å². The van der Waals surface area contributed by atoms with Crippen molar-refractivity contribution < 1.29 is 13.2 Å². The lowest BCUT2D eigenvalue weighted by atomic mass is 10.2. The van der Waals surface area contributed by atoms with E-state index in [0.717, 1.165) is 5.56 Å². The second-order valence-electron chi connectivity index (χ2n) is 7.70. The summed E-state index contributed by atoms with van der Waals surface area (Å²) < 4.78 is 32.8. The van der Waals surface area contributed by atoms with Gasteiger partial charge in [-0.1, -0.05) is 30.0 Å². The number of nitrogens with zero attached hydrogens (tertiary/aromatic N) is 4. The number of benzene rings is 2. The Balaban J connectivity index is 1.52. The van der Waals surface area contributed by atoms with Crippen molar-refractivity contribution >= 4 is 32.7 Å². The smallest absolute Gasteiger partial charge is 0.267 e. The average molecular weight is 497 g/mol. The third-order valence-corrected chi connectivity index (χ3v) is 7.79.